The molecule has 84 valence electrons. The number of imidazole rings is 1. The minimum Gasteiger partial charge on any atom is -0.710 e. The van der Waals surface area contributed by atoms with Crippen LogP contribution in [0.5, 0.6) is 0 Å². The minimum absolute atomic E-state index is 0.462. The predicted octanol–water partition coefficient (Wildman–Crippen LogP) is 1.72. The lowest BCUT2D eigenvalue weighted by molar-refractivity contribution is -0.579. The van der Waals surface area contributed by atoms with Gasteiger partial charge in [-0.1, -0.05) is 30.3 Å². The molecular formula is C13H11N3O. The molecule has 0 bridgehead atoms. The van der Waals surface area contributed by atoms with Gasteiger partial charge in [-0.15, -0.1) is 0 Å². The summed E-state index contributed by atoms with van der Waals surface area (Å²) in [6.07, 6.45) is 3.16. The average molecular weight is 225 g/mol. The molecule has 0 unspecified atom stereocenters. The van der Waals surface area contributed by atoms with Crippen LogP contribution in [0.1, 0.15) is 5.56 Å². The maximum atomic E-state index is 11.5. The van der Waals surface area contributed by atoms with Gasteiger partial charge in [-0.05, 0) is 22.7 Å². The highest BCUT2D eigenvalue weighted by Gasteiger charge is 2.10. The normalized spacial score (nSPS) is 10.8. The summed E-state index contributed by atoms with van der Waals surface area (Å²) in [7, 11) is 0. The number of nitrogens with zero attached hydrogens (tertiary/aromatic N) is 3. The molecule has 0 atom stereocenters. The van der Waals surface area contributed by atoms with Crippen molar-refractivity contribution >= 4 is 11.2 Å². The van der Waals surface area contributed by atoms with Crippen molar-refractivity contribution in [2.24, 2.45) is 0 Å². The molecule has 0 amide bonds. The van der Waals surface area contributed by atoms with Gasteiger partial charge in [0.15, 0.2) is 0 Å². The van der Waals surface area contributed by atoms with E-state index < -0.39 is 0 Å². The maximum absolute atomic E-state index is 11.5. The van der Waals surface area contributed by atoms with Crippen LogP contribution in [-0.2, 0) is 6.54 Å². The van der Waals surface area contributed by atoms with Gasteiger partial charge in [0, 0.05) is 0 Å². The molecule has 0 spiro atoms. The maximum Gasteiger partial charge on any atom is 0.351 e. The number of fused-ring (bicyclic) bond motifs is 1. The lowest BCUT2D eigenvalue weighted by atomic mass is 10.2. The quantitative estimate of drug-likeness (QED) is 0.492. The van der Waals surface area contributed by atoms with Crippen LogP contribution in [0.3, 0.4) is 0 Å². The van der Waals surface area contributed by atoms with E-state index in [2.05, 4.69) is 17.1 Å². The van der Waals surface area contributed by atoms with E-state index in [0.717, 1.165) is 16.8 Å². The zero-order valence-corrected chi connectivity index (χ0v) is 9.15. The molecule has 0 aliphatic carbocycles. The molecule has 0 saturated carbocycles. The highest BCUT2D eigenvalue weighted by atomic mass is 16.5. The van der Waals surface area contributed by atoms with E-state index in [-0.39, 0.29) is 0 Å². The molecule has 1 aromatic carbocycles. The lowest BCUT2D eigenvalue weighted by Gasteiger charge is -2.03. The van der Waals surface area contributed by atoms with Gasteiger partial charge in [0.1, 0.15) is 5.52 Å². The topological polar surface area (TPSA) is 44.8 Å². The van der Waals surface area contributed by atoms with Gasteiger partial charge >= 0.3 is 5.65 Å². The van der Waals surface area contributed by atoms with Crippen molar-refractivity contribution in [2.75, 3.05) is 0 Å². The summed E-state index contributed by atoms with van der Waals surface area (Å²) >= 11 is 0. The van der Waals surface area contributed by atoms with E-state index in [9.17, 15) is 5.21 Å². The first kappa shape index (κ1) is 9.84. The molecule has 4 heteroatoms. The summed E-state index contributed by atoms with van der Waals surface area (Å²) < 4.78 is 2.76. The van der Waals surface area contributed by atoms with E-state index in [4.69, 9.17) is 0 Å². The van der Waals surface area contributed by atoms with Crippen LogP contribution < -0.4 is 4.73 Å². The molecule has 0 aliphatic heterocycles. The number of rotatable bonds is 2. The van der Waals surface area contributed by atoms with E-state index in [1.807, 2.05) is 28.8 Å². The first-order chi connectivity index (χ1) is 8.34. The molecular weight excluding hydrogens is 214 g/mol. The first-order valence-electron chi connectivity index (χ1n) is 5.41. The van der Waals surface area contributed by atoms with Crippen molar-refractivity contribution in [3.05, 3.63) is 65.8 Å². The van der Waals surface area contributed by atoms with Crippen LogP contribution >= 0.6 is 0 Å². The van der Waals surface area contributed by atoms with Crippen molar-refractivity contribution in [3.8, 4) is 0 Å². The van der Waals surface area contributed by atoms with Gasteiger partial charge in [-0.2, -0.15) is 0 Å². The van der Waals surface area contributed by atoms with Gasteiger partial charge in [-0.3, -0.25) is 0 Å². The number of hydrogen-bond donors (Lipinski definition) is 0. The third kappa shape index (κ3) is 1.73. The Labute approximate surface area is 98.4 Å². The monoisotopic (exact) mass is 225 g/mol. The summed E-state index contributed by atoms with van der Waals surface area (Å²) in [6, 6.07) is 13.7. The molecule has 0 fully saturated rings. The molecule has 2 aromatic heterocycles. The molecule has 17 heavy (non-hydrogen) atoms. The van der Waals surface area contributed by atoms with Crippen molar-refractivity contribution in [2.45, 2.75) is 6.54 Å². The second-order valence-corrected chi connectivity index (χ2v) is 3.90. The Morgan fingerprint density at radius 1 is 1.12 bits per heavy atom. The number of pyridine rings is 1. The lowest BCUT2D eigenvalue weighted by Crippen LogP contribution is -2.26. The SMILES string of the molecule is [O-][n+]1cccc2c1ncn2Cc1ccccc1. The van der Waals surface area contributed by atoms with Crippen LogP contribution in [0.4, 0.5) is 0 Å². The average Bonchev–Trinajstić information content (AvgIpc) is 2.76. The van der Waals surface area contributed by atoms with Gasteiger partial charge < -0.3 is 9.77 Å². The van der Waals surface area contributed by atoms with Crippen molar-refractivity contribution in [1.82, 2.24) is 9.55 Å². The van der Waals surface area contributed by atoms with E-state index in [1.165, 1.54) is 11.8 Å². The zero-order chi connectivity index (χ0) is 11.7. The third-order valence-electron chi connectivity index (χ3n) is 2.74. The van der Waals surface area contributed by atoms with Gasteiger partial charge in [0.25, 0.3) is 0 Å². The number of hydrogen-bond acceptors (Lipinski definition) is 2. The van der Waals surface area contributed by atoms with Crippen LogP contribution in [0.15, 0.2) is 55.0 Å². The molecule has 2 heterocycles. The van der Waals surface area contributed by atoms with E-state index in [1.54, 1.807) is 12.4 Å². The largest absolute Gasteiger partial charge is 0.710 e. The second-order valence-electron chi connectivity index (χ2n) is 3.90. The molecule has 0 N–H and O–H groups in total. The smallest absolute Gasteiger partial charge is 0.351 e. The minimum atomic E-state index is 0.462. The highest BCUT2D eigenvalue weighted by molar-refractivity contribution is 5.67. The fourth-order valence-corrected chi connectivity index (χ4v) is 1.91. The first-order valence-corrected chi connectivity index (χ1v) is 5.41. The van der Waals surface area contributed by atoms with E-state index >= 15 is 0 Å². The fourth-order valence-electron chi connectivity index (χ4n) is 1.91. The molecule has 0 aliphatic rings. The van der Waals surface area contributed by atoms with Crippen LogP contribution in [0, 0.1) is 5.21 Å². The fraction of sp³-hybridized carbons (Fsp3) is 0.0769. The molecule has 3 aromatic rings. The molecule has 3 rings (SSSR count). The summed E-state index contributed by atoms with van der Waals surface area (Å²) in [4.78, 5) is 4.13. The Balaban J connectivity index is 2.05. The predicted molar refractivity (Wildman–Crippen MR) is 64.2 cm³/mol. The Morgan fingerprint density at radius 2 is 1.94 bits per heavy atom. The van der Waals surface area contributed by atoms with Gasteiger partial charge in [0.2, 0.25) is 6.33 Å². The Kier molecular flexibility index (Phi) is 2.26. The summed E-state index contributed by atoms with van der Waals surface area (Å²) in [5, 5.41) is 11.5. The molecule has 0 saturated heterocycles. The standard InChI is InChI=1S/C13H11N3O/c17-16-8-4-7-12-13(16)14-10-15(12)9-11-5-2-1-3-6-11/h1-8,10H,9H2. The van der Waals surface area contributed by atoms with Crippen LogP contribution in [-0.4, -0.2) is 9.55 Å². The van der Waals surface area contributed by atoms with Crippen molar-refractivity contribution in [1.29, 1.82) is 0 Å². The Morgan fingerprint density at radius 3 is 2.76 bits per heavy atom. The molecule has 4 nitrogen and oxygen atoms in total. The summed E-state index contributed by atoms with van der Waals surface area (Å²) in [6.45, 7) is 0.724. The van der Waals surface area contributed by atoms with Gasteiger partial charge in [0.05, 0.1) is 12.7 Å². The zero-order valence-electron chi connectivity index (χ0n) is 9.15. The molecule has 0 radical (unpaired) electrons. The van der Waals surface area contributed by atoms with Crippen molar-refractivity contribution < 1.29 is 4.73 Å². The van der Waals surface area contributed by atoms with Crippen LogP contribution in [0.25, 0.3) is 11.2 Å². The van der Waals surface area contributed by atoms with E-state index in [0.29, 0.717) is 5.65 Å². The Bertz CT molecular complexity index is 646. The second kappa shape index (κ2) is 3.90. The van der Waals surface area contributed by atoms with Gasteiger partial charge in [-0.25, -0.2) is 4.73 Å². The van der Waals surface area contributed by atoms with Crippen LogP contribution in [0.2, 0.25) is 0 Å². The summed E-state index contributed by atoms with van der Waals surface area (Å²) in [5.74, 6) is 0. The third-order valence-corrected chi connectivity index (χ3v) is 2.74. The Hall–Kier alpha value is -2.36. The number of aromatic nitrogens is 3. The highest BCUT2D eigenvalue weighted by Crippen LogP contribution is 2.10. The van der Waals surface area contributed by atoms with Crippen molar-refractivity contribution in [3.63, 3.8) is 0 Å². The number of benzene rings is 1. The summed E-state index contributed by atoms with van der Waals surface area (Å²) in [5.41, 5.74) is 2.50.